The Morgan fingerprint density at radius 3 is 2.66 bits per heavy atom. The van der Waals surface area contributed by atoms with E-state index >= 15 is 0 Å². The minimum absolute atomic E-state index is 0.219. The lowest BCUT2D eigenvalue weighted by atomic mass is 9.95. The molecule has 6 unspecified atom stereocenters. The van der Waals surface area contributed by atoms with Crippen molar-refractivity contribution in [3.63, 3.8) is 0 Å². The molecular weight excluding hydrogens is 414 g/mol. The number of carbonyl (C=O) groups is 2. The lowest BCUT2D eigenvalue weighted by Crippen LogP contribution is -2.67. The summed E-state index contributed by atoms with van der Waals surface area (Å²) < 4.78 is 30.0. The van der Waals surface area contributed by atoms with Crippen LogP contribution in [0.4, 0.5) is 0 Å². The van der Waals surface area contributed by atoms with Gasteiger partial charge in [0.05, 0.1) is 19.1 Å². The van der Waals surface area contributed by atoms with Crippen LogP contribution in [-0.4, -0.2) is 55.7 Å². The van der Waals surface area contributed by atoms with Crippen LogP contribution in [0.1, 0.15) is 45.5 Å². The Kier molecular flexibility index (Phi) is 8.65. The molecule has 8 heteroatoms. The van der Waals surface area contributed by atoms with E-state index in [1.165, 1.54) is 6.92 Å². The van der Waals surface area contributed by atoms with E-state index in [-0.39, 0.29) is 18.4 Å². The predicted molar refractivity (Wildman–Crippen MR) is 115 cm³/mol. The Hall–Kier alpha value is -2.44. The lowest BCUT2D eigenvalue weighted by molar-refractivity contribution is -0.345. The number of esters is 1. The van der Waals surface area contributed by atoms with Crippen molar-refractivity contribution in [3.8, 4) is 12.3 Å². The monoisotopic (exact) mass is 445 g/mol. The molecule has 2 aliphatic heterocycles. The van der Waals surface area contributed by atoms with Gasteiger partial charge in [0, 0.05) is 18.9 Å². The largest absolute Gasteiger partial charge is 0.457 e. The van der Waals surface area contributed by atoms with Crippen LogP contribution in [0.15, 0.2) is 30.3 Å². The van der Waals surface area contributed by atoms with Crippen LogP contribution in [0.5, 0.6) is 0 Å². The Morgan fingerprint density at radius 1 is 1.25 bits per heavy atom. The number of hydrogen-bond acceptors (Lipinski definition) is 7. The lowest BCUT2D eigenvalue weighted by Gasteiger charge is -2.49. The number of nitrogens with one attached hydrogen (secondary N) is 1. The van der Waals surface area contributed by atoms with Crippen LogP contribution < -0.4 is 5.32 Å². The minimum atomic E-state index is -0.844. The Morgan fingerprint density at radius 2 is 2.00 bits per heavy atom. The van der Waals surface area contributed by atoms with E-state index in [2.05, 4.69) is 11.2 Å². The molecule has 0 aliphatic carbocycles. The maximum atomic E-state index is 12.5. The van der Waals surface area contributed by atoms with E-state index < -0.39 is 42.9 Å². The van der Waals surface area contributed by atoms with Crippen molar-refractivity contribution in [1.82, 2.24) is 5.32 Å². The number of amides is 1. The summed E-state index contributed by atoms with van der Waals surface area (Å²) in [6, 6.07) is 8.72. The minimum Gasteiger partial charge on any atom is -0.457 e. The van der Waals surface area contributed by atoms with Gasteiger partial charge in [0.1, 0.15) is 18.2 Å². The van der Waals surface area contributed by atoms with Gasteiger partial charge >= 0.3 is 5.97 Å². The van der Waals surface area contributed by atoms with Crippen molar-refractivity contribution in [1.29, 1.82) is 0 Å². The highest BCUT2D eigenvalue weighted by atomic mass is 16.8. The normalized spacial score (nSPS) is 29.6. The van der Waals surface area contributed by atoms with Gasteiger partial charge in [-0.3, -0.25) is 9.59 Å². The fourth-order valence-corrected chi connectivity index (χ4v) is 3.67. The predicted octanol–water partition coefficient (Wildman–Crippen LogP) is 2.33. The zero-order chi connectivity index (χ0) is 23.1. The van der Waals surface area contributed by atoms with Gasteiger partial charge in [-0.05, 0) is 6.42 Å². The van der Waals surface area contributed by atoms with Gasteiger partial charge in [-0.1, -0.05) is 44.2 Å². The zero-order valence-electron chi connectivity index (χ0n) is 18.7. The summed E-state index contributed by atoms with van der Waals surface area (Å²) >= 11 is 0. The third-order valence-corrected chi connectivity index (χ3v) is 5.25. The highest BCUT2D eigenvalue weighted by molar-refractivity contribution is 5.74. The Bertz CT molecular complexity index is 806. The average Bonchev–Trinajstić information content (AvgIpc) is 2.78. The fraction of sp³-hybridized carbons (Fsp3) is 0.583. The maximum absolute atomic E-state index is 12.5. The van der Waals surface area contributed by atoms with Crippen molar-refractivity contribution in [2.24, 2.45) is 5.92 Å². The molecule has 0 aromatic heterocycles. The Labute approximate surface area is 188 Å². The van der Waals surface area contributed by atoms with Gasteiger partial charge in [-0.2, -0.15) is 0 Å². The molecule has 8 nitrogen and oxygen atoms in total. The molecule has 6 atom stereocenters. The van der Waals surface area contributed by atoms with Crippen LogP contribution >= 0.6 is 0 Å². The maximum Gasteiger partial charge on any atom is 0.308 e. The molecule has 174 valence electrons. The molecule has 1 N–H and O–H groups in total. The second kappa shape index (κ2) is 11.4. The van der Waals surface area contributed by atoms with Gasteiger partial charge in [0.15, 0.2) is 18.7 Å². The van der Waals surface area contributed by atoms with E-state index in [0.29, 0.717) is 19.4 Å². The third-order valence-electron chi connectivity index (χ3n) is 5.25. The number of hydrogen-bond donors (Lipinski definition) is 1. The number of carbonyl (C=O) groups excluding carboxylic acids is 2. The van der Waals surface area contributed by atoms with Crippen LogP contribution in [0.25, 0.3) is 0 Å². The van der Waals surface area contributed by atoms with Crippen LogP contribution in [0.2, 0.25) is 0 Å². The van der Waals surface area contributed by atoms with E-state index in [0.717, 1.165) is 5.56 Å². The number of ether oxygens (including phenoxy) is 5. The second-order valence-electron chi connectivity index (χ2n) is 8.18. The molecule has 0 spiro atoms. The summed E-state index contributed by atoms with van der Waals surface area (Å²) in [5, 5.41) is 2.83. The summed E-state index contributed by atoms with van der Waals surface area (Å²) in [6.45, 7) is 5.44. The van der Waals surface area contributed by atoms with Crippen LogP contribution in [0.3, 0.4) is 0 Å². The number of benzene rings is 1. The number of rotatable bonds is 8. The number of terminal acetylenes is 1. The summed E-state index contributed by atoms with van der Waals surface area (Å²) in [6.07, 6.45) is 3.00. The summed E-state index contributed by atoms with van der Waals surface area (Å²) in [4.78, 5) is 24.5. The molecular formula is C24H31NO7. The van der Waals surface area contributed by atoms with Gasteiger partial charge in [-0.25, -0.2) is 0 Å². The molecule has 0 radical (unpaired) electrons. The first kappa shape index (κ1) is 24.2. The standard InChI is InChI=1S/C24H31NO7/c1-5-6-10-13-28-24-19(25-16(4)26)21(31-22(27)15(2)3)20-18(30-24)14-29-23(32-20)17-11-8-7-9-12-17/h1,7-9,11-12,15,18-21,23-24H,6,10,13-14H2,2-4H3,(H,25,26). The summed E-state index contributed by atoms with van der Waals surface area (Å²) in [5.41, 5.74) is 0.837. The first-order valence-corrected chi connectivity index (χ1v) is 10.9. The molecule has 2 saturated heterocycles. The smallest absolute Gasteiger partial charge is 0.308 e. The molecule has 32 heavy (non-hydrogen) atoms. The van der Waals surface area contributed by atoms with Crippen molar-refractivity contribution in [3.05, 3.63) is 35.9 Å². The molecule has 2 heterocycles. The van der Waals surface area contributed by atoms with Crippen molar-refractivity contribution in [2.75, 3.05) is 13.2 Å². The van der Waals surface area contributed by atoms with Crippen molar-refractivity contribution in [2.45, 2.75) is 70.5 Å². The summed E-state index contributed by atoms with van der Waals surface area (Å²) in [7, 11) is 0. The quantitative estimate of drug-likeness (QED) is 0.373. The molecule has 3 rings (SSSR count). The molecule has 2 aliphatic rings. The molecule has 0 bridgehead atoms. The average molecular weight is 446 g/mol. The first-order valence-electron chi connectivity index (χ1n) is 10.9. The first-order chi connectivity index (χ1) is 15.4. The number of fused-ring (bicyclic) bond motifs is 1. The SMILES string of the molecule is C#CCCCOC1OC2COC(c3ccccc3)OC2C(OC(=O)C(C)C)C1NC(C)=O. The molecule has 1 aromatic rings. The van der Waals surface area contributed by atoms with Gasteiger partial charge in [-0.15, -0.1) is 12.3 Å². The van der Waals surface area contributed by atoms with E-state index in [1.54, 1.807) is 13.8 Å². The summed E-state index contributed by atoms with van der Waals surface area (Å²) in [5.74, 6) is 1.51. The third kappa shape index (κ3) is 6.08. The highest BCUT2D eigenvalue weighted by Gasteiger charge is 2.52. The van der Waals surface area contributed by atoms with Crippen LogP contribution in [-0.2, 0) is 33.3 Å². The van der Waals surface area contributed by atoms with Gasteiger partial charge in [0.2, 0.25) is 5.91 Å². The molecule has 1 amide bonds. The highest BCUT2D eigenvalue weighted by Crippen LogP contribution is 2.36. The molecule has 1 aromatic carbocycles. The van der Waals surface area contributed by atoms with Gasteiger partial charge in [0.25, 0.3) is 0 Å². The van der Waals surface area contributed by atoms with E-state index in [9.17, 15) is 9.59 Å². The molecule has 0 saturated carbocycles. The molecule has 2 fully saturated rings. The van der Waals surface area contributed by atoms with Crippen LogP contribution in [0, 0.1) is 18.3 Å². The fourth-order valence-electron chi connectivity index (χ4n) is 3.67. The number of unbranched alkanes of at least 4 members (excludes halogenated alkanes) is 1. The second-order valence-corrected chi connectivity index (χ2v) is 8.18. The Balaban J connectivity index is 1.85. The van der Waals surface area contributed by atoms with E-state index in [1.807, 2.05) is 30.3 Å². The van der Waals surface area contributed by atoms with E-state index in [4.69, 9.17) is 30.1 Å². The zero-order valence-corrected chi connectivity index (χ0v) is 18.7. The van der Waals surface area contributed by atoms with Crippen molar-refractivity contribution >= 4 is 11.9 Å². The van der Waals surface area contributed by atoms with Gasteiger partial charge < -0.3 is 29.0 Å². The topological polar surface area (TPSA) is 92.3 Å². The van der Waals surface area contributed by atoms with Crippen molar-refractivity contribution < 1.29 is 33.3 Å².